The highest BCUT2D eigenvalue weighted by atomic mass is 16.6. The maximum absolute atomic E-state index is 12.9. The van der Waals surface area contributed by atoms with Crippen LogP contribution in [-0.4, -0.2) is 37.2 Å². The van der Waals surface area contributed by atoms with Gasteiger partial charge < -0.3 is 14.2 Å². The number of allylic oxidation sites excluding steroid dienone is 18. The second-order valence-electron chi connectivity index (χ2n) is 19.5. The first kappa shape index (κ1) is 68.1. The van der Waals surface area contributed by atoms with Gasteiger partial charge in [0.1, 0.15) is 13.2 Å². The molecule has 0 amide bonds. The first-order valence-electron chi connectivity index (χ1n) is 29.9. The fraction of sp³-hybridized carbons (Fsp3) is 0.682. The Hall–Kier alpha value is -3.93. The number of hydrogen-bond acceptors (Lipinski definition) is 6. The summed E-state index contributed by atoms with van der Waals surface area (Å²) in [6.07, 6.45) is 80.9. The summed E-state index contributed by atoms with van der Waals surface area (Å²) in [5.41, 5.74) is 0. The molecule has 0 aliphatic rings. The minimum absolute atomic E-state index is 0.0949. The summed E-state index contributed by atoms with van der Waals surface area (Å²) in [6.45, 7) is 6.38. The first-order valence-corrected chi connectivity index (χ1v) is 29.9. The number of hydrogen-bond donors (Lipinski definition) is 0. The van der Waals surface area contributed by atoms with Crippen LogP contribution >= 0.6 is 0 Å². The molecule has 0 heterocycles. The SMILES string of the molecule is CC/C=C\C/C=C\C/C=C\C/C=C\C/C=C\CCCCCCCCCCCC(=O)OCC(COC(=O)CCCCC/C=C\C/C=C\C/C=C\CC)OC(=O)CCCCCCC/C=C\CCCCCCCCC. The highest BCUT2D eigenvalue weighted by Crippen LogP contribution is 2.15. The Bertz CT molecular complexity index is 1470. The molecule has 0 saturated heterocycles. The van der Waals surface area contributed by atoms with E-state index in [-0.39, 0.29) is 31.1 Å². The Morgan fingerprint density at radius 3 is 0.875 bits per heavy atom. The zero-order chi connectivity index (χ0) is 52.2. The summed E-state index contributed by atoms with van der Waals surface area (Å²) in [7, 11) is 0. The molecule has 0 spiro atoms. The fourth-order valence-electron chi connectivity index (χ4n) is 8.07. The second-order valence-corrected chi connectivity index (χ2v) is 19.5. The van der Waals surface area contributed by atoms with Crippen LogP contribution < -0.4 is 0 Å². The smallest absolute Gasteiger partial charge is 0.306 e. The molecule has 6 nitrogen and oxygen atoms in total. The van der Waals surface area contributed by atoms with E-state index in [9.17, 15) is 14.4 Å². The van der Waals surface area contributed by atoms with Gasteiger partial charge in [-0.15, -0.1) is 0 Å². The van der Waals surface area contributed by atoms with E-state index in [1.54, 1.807) is 0 Å². The van der Waals surface area contributed by atoms with Gasteiger partial charge in [0.25, 0.3) is 0 Å². The van der Waals surface area contributed by atoms with E-state index in [0.29, 0.717) is 19.3 Å². The summed E-state index contributed by atoms with van der Waals surface area (Å²) >= 11 is 0. The monoisotopic (exact) mass is 999 g/mol. The Kier molecular flexibility index (Phi) is 56.4. The van der Waals surface area contributed by atoms with Crippen LogP contribution in [0.25, 0.3) is 0 Å². The fourth-order valence-corrected chi connectivity index (χ4v) is 8.07. The standard InChI is InChI=1S/C66H110O6/c1-4-7-10-13-16-19-22-25-27-29-30-31-32-33-34-35-36-37-39-41-44-47-50-53-56-59-65(68)71-62-63(61-70-64(67)58-55-52-49-46-43-40-24-21-18-15-12-9-6-3)72-66(69)60-57-54-51-48-45-42-38-28-26-23-20-17-14-11-8-5-2/h7,9-10,12,16,18-19,21,25,27-28,30-31,33-34,38,40,43,63H,4-6,8,11,13-15,17,20,22-24,26,29,32,35-37,39,41-42,44-62H2,1-3H3/b10-7-,12-9-,19-16-,21-18-,27-25-,31-30-,34-33-,38-28-,43-40-. The van der Waals surface area contributed by atoms with Gasteiger partial charge in [0.15, 0.2) is 6.10 Å². The molecule has 0 radical (unpaired) electrons. The molecule has 0 aliphatic carbocycles. The molecule has 1 unspecified atom stereocenters. The summed E-state index contributed by atoms with van der Waals surface area (Å²) in [5, 5.41) is 0. The van der Waals surface area contributed by atoms with Crippen LogP contribution in [0.2, 0.25) is 0 Å². The summed E-state index contributed by atoms with van der Waals surface area (Å²) in [4.78, 5) is 38.2. The average molecular weight is 1000 g/mol. The van der Waals surface area contributed by atoms with Crippen molar-refractivity contribution < 1.29 is 28.6 Å². The summed E-state index contributed by atoms with van der Waals surface area (Å²) in [5.74, 6) is -0.937. The van der Waals surface area contributed by atoms with Gasteiger partial charge in [-0.05, 0) is 122 Å². The van der Waals surface area contributed by atoms with Crippen LogP contribution in [0, 0.1) is 0 Å². The molecular formula is C66H110O6. The van der Waals surface area contributed by atoms with E-state index in [1.165, 1.54) is 96.3 Å². The van der Waals surface area contributed by atoms with Crippen LogP contribution in [0.15, 0.2) is 109 Å². The second kappa shape index (κ2) is 59.6. The third-order valence-electron chi connectivity index (χ3n) is 12.5. The minimum Gasteiger partial charge on any atom is -0.462 e. The van der Waals surface area contributed by atoms with E-state index in [4.69, 9.17) is 14.2 Å². The molecule has 0 saturated carbocycles. The number of carbonyl (C=O) groups is 3. The average Bonchev–Trinajstić information content (AvgIpc) is 3.38. The molecule has 0 aromatic rings. The third-order valence-corrected chi connectivity index (χ3v) is 12.5. The van der Waals surface area contributed by atoms with Crippen molar-refractivity contribution in [2.75, 3.05) is 13.2 Å². The molecule has 0 fully saturated rings. The Labute approximate surface area is 444 Å². The van der Waals surface area contributed by atoms with Gasteiger partial charge >= 0.3 is 17.9 Å². The van der Waals surface area contributed by atoms with Crippen LogP contribution in [0.1, 0.15) is 271 Å². The zero-order valence-electron chi connectivity index (χ0n) is 46.9. The summed E-state index contributed by atoms with van der Waals surface area (Å²) in [6, 6.07) is 0. The molecule has 0 rings (SSSR count). The Balaban J connectivity index is 4.36. The highest BCUT2D eigenvalue weighted by Gasteiger charge is 2.19. The van der Waals surface area contributed by atoms with E-state index in [2.05, 4.69) is 130 Å². The van der Waals surface area contributed by atoms with Gasteiger partial charge in [0.05, 0.1) is 0 Å². The van der Waals surface area contributed by atoms with E-state index < -0.39 is 6.10 Å². The van der Waals surface area contributed by atoms with Crippen molar-refractivity contribution in [2.45, 2.75) is 277 Å². The number of unbranched alkanes of at least 4 members (excludes halogenated alkanes) is 24. The van der Waals surface area contributed by atoms with Crippen LogP contribution in [0.5, 0.6) is 0 Å². The lowest BCUT2D eigenvalue weighted by atomic mass is 10.1. The van der Waals surface area contributed by atoms with Crippen molar-refractivity contribution in [3.8, 4) is 0 Å². The molecule has 0 bridgehead atoms. The highest BCUT2D eigenvalue weighted by molar-refractivity contribution is 5.71. The van der Waals surface area contributed by atoms with E-state index in [1.807, 2.05) is 0 Å². The van der Waals surface area contributed by atoms with Crippen molar-refractivity contribution in [2.24, 2.45) is 0 Å². The predicted molar refractivity (Wildman–Crippen MR) is 311 cm³/mol. The number of ether oxygens (including phenoxy) is 3. The Morgan fingerprint density at radius 1 is 0.292 bits per heavy atom. The van der Waals surface area contributed by atoms with Crippen molar-refractivity contribution in [1.82, 2.24) is 0 Å². The van der Waals surface area contributed by atoms with Gasteiger partial charge in [0.2, 0.25) is 0 Å². The molecule has 0 aliphatic heterocycles. The zero-order valence-corrected chi connectivity index (χ0v) is 46.9. The number of carbonyl (C=O) groups excluding carboxylic acids is 3. The third kappa shape index (κ3) is 57.0. The molecule has 72 heavy (non-hydrogen) atoms. The van der Waals surface area contributed by atoms with Crippen molar-refractivity contribution in [1.29, 1.82) is 0 Å². The molecule has 1 atom stereocenters. The van der Waals surface area contributed by atoms with Gasteiger partial charge in [-0.1, -0.05) is 239 Å². The maximum Gasteiger partial charge on any atom is 0.306 e. The first-order chi connectivity index (χ1) is 35.5. The lowest BCUT2D eigenvalue weighted by Gasteiger charge is -2.18. The van der Waals surface area contributed by atoms with Gasteiger partial charge in [-0.25, -0.2) is 0 Å². The molecule has 0 aromatic heterocycles. The normalized spacial score (nSPS) is 12.9. The van der Waals surface area contributed by atoms with Gasteiger partial charge in [-0.2, -0.15) is 0 Å². The molecule has 410 valence electrons. The predicted octanol–water partition coefficient (Wildman–Crippen LogP) is 20.3. The van der Waals surface area contributed by atoms with Gasteiger partial charge in [-0.3, -0.25) is 14.4 Å². The van der Waals surface area contributed by atoms with Crippen molar-refractivity contribution in [3.05, 3.63) is 109 Å². The molecular weight excluding hydrogens is 889 g/mol. The lowest BCUT2D eigenvalue weighted by Crippen LogP contribution is -2.30. The van der Waals surface area contributed by atoms with Crippen LogP contribution in [0.4, 0.5) is 0 Å². The quantitative estimate of drug-likeness (QED) is 0.0261. The van der Waals surface area contributed by atoms with Crippen LogP contribution in [-0.2, 0) is 28.6 Å². The molecule has 0 aromatic carbocycles. The summed E-state index contributed by atoms with van der Waals surface area (Å²) < 4.78 is 16.8. The maximum atomic E-state index is 12.9. The Morgan fingerprint density at radius 2 is 0.542 bits per heavy atom. The van der Waals surface area contributed by atoms with Crippen molar-refractivity contribution in [3.63, 3.8) is 0 Å². The lowest BCUT2D eigenvalue weighted by molar-refractivity contribution is -0.167. The van der Waals surface area contributed by atoms with E-state index >= 15 is 0 Å². The van der Waals surface area contributed by atoms with Gasteiger partial charge in [0, 0.05) is 19.3 Å². The van der Waals surface area contributed by atoms with E-state index in [0.717, 1.165) is 135 Å². The number of esters is 3. The molecule has 6 heteroatoms. The largest absolute Gasteiger partial charge is 0.462 e. The minimum atomic E-state index is -0.799. The topological polar surface area (TPSA) is 78.9 Å². The van der Waals surface area contributed by atoms with Crippen molar-refractivity contribution >= 4 is 17.9 Å². The van der Waals surface area contributed by atoms with Crippen LogP contribution in [0.3, 0.4) is 0 Å². The number of rotatable bonds is 53. The molecule has 0 N–H and O–H groups in total.